The first-order valence-corrected chi connectivity index (χ1v) is 8.81. The van der Waals surface area contributed by atoms with Crippen LogP contribution in [0.3, 0.4) is 0 Å². The number of allylic oxidation sites excluding steroid dienone is 1. The molecule has 1 atom stereocenters. The Labute approximate surface area is 146 Å². The summed E-state index contributed by atoms with van der Waals surface area (Å²) in [6.07, 6.45) is 11.1. The van der Waals surface area contributed by atoms with Crippen molar-refractivity contribution in [2.45, 2.75) is 32.2 Å². The lowest BCUT2D eigenvalue weighted by Crippen LogP contribution is -2.19. The number of hydrogen-bond acceptors (Lipinski definition) is 5. The van der Waals surface area contributed by atoms with Crippen molar-refractivity contribution in [3.05, 3.63) is 59.8 Å². The Morgan fingerprint density at radius 2 is 2.08 bits per heavy atom. The third-order valence-corrected chi connectivity index (χ3v) is 5.16. The molecule has 0 aliphatic heterocycles. The topological polar surface area (TPSA) is 63.6 Å². The lowest BCUT2D eigenvalue weighted by molar-refractivity contribution is 0.685. The molecule has 1 aromatic carbocycles. The predicted molar refractivity (Wildman–Crippen MR) is 98.2 cm³/mol. The first-order chi connectivity index (χ1) is 12.3. The fraction of sp³-hybridized carbons (Fsp3) is 0.300. The molecule has 1 saturated carbocycles. The number of anilines is 1. The molecule has 2 aliphatic carbocycles. The Balaban J connectivity index is 1.45. The molecule has 1 N–H and O–H groups in total. The zero-order chi connectivity index (χ0) is 16.8. The lowest BCUT2D eigenvalue weighted by atomic mass is 10.0. The molecule has 0 unspecified atom stereocenters. The average molecular weight is 329 g/mol. The van der Waals surface area contributed by atoms with Gasteiger partial charge in [-0.1, -0.05) is 12.1 Å². The number of benzene rings is 1. The van der Waals surface area contributed by atoms with Crippen molar-refractivity contribution in [3.8, 4) is 0 Å². The highest BCUT2D eigenvalue weighted by atomic mass is 15.1. The highest BCUT2D eigenvalue weighted by Gasteiger charge is 2.28. The van der Waals surface area contributed by atoms with Gasteiger partial charge in [0, 0.05) is 35.8 Å². The summed E-state index contributed by atoms with van der Waals surface area (Å²) in [6, 6.07) is 6.74. The minimum Gasteiger partial charge on any atom is -0.351 e. The van der Waals surface area contributed by atoms with Crippen LogP contribution < -0.4 is 5.32 Å². The van der Waals surface area contributed by atoms with Crippen LogP contribution in [0, 0.1) is 5.92 Å². The molecule has 1 fully saturated rings. The zero-order valence-corrected chi connectivity index (χ0v) is 14.1. The monoisotopic (exact) mass is 329 g/mol. The standard InChI is InChI=1S/C20H19N5/c1-12(13-2-3-13)24-20-22-10-17-16(5-7-19(17)25-20)14-4-6-18-15(8-14)9-21-11-23-18/h4-6,8-13H,2-3,7H2,1H3,(H,22,24,25)/t12-/m1/s1. The van der Waals surface area contributed by atoms with Gasteiger partial charge in [-0.2, -0.15) is 0 Å². The maximum Gasteiger partial charge on any atom is 0.223 e. The van der Waals surface area contributed by atoms with Crippen LogP contribution in [0.2, 0.25) is 0 Å². The summed E-state index contributed by atoms with van der Waals surface area (Å²) in [5, 5.41) is 4.50. The molecule has 0 spiro atoms. The van der Waals surface area contributed by atoms with Crippen molar-refractivity contribution in [2.24, 2.45) is 5.92 Å². The second-order valence-corrected chi connectivity index (χ2v) is 6.94. The van der Waals surface area contributed by atoms with E-state index in [-0.39, 0.29) is 0 Å². The van der Waals surface area contributed by atoms with Crippen molar-refractivity contribution < 1.29 is 0 Å². The predicted octanol–water partition coefficient (Wildman–Crippen LogP) is 3.62. The van der Waals surface area contributed by atoms with E-state index in [2.05, 4.69) is 45.4 Å². The van der Waals surface area contributed by atoms with E-state index in [1.54, 1.807) is 6.33 Å². The van der Waals surface area contributed by atoms with Crippen molar-refractivity contribution in [3.63, 3.8) is 0 Å². The smallest absolute Gasteiger partial charge is 0.223 e. The highest BCUT2D eigenvalue weighted by Crippen LogP contribution is 2.35. The van der Waals surface area contributed by atoms with Crippen molar-refractivity contribution in [1.29, 1.82) is 0 Å². The molecule has 5 nitrogen and oxygen atoms in total. The van der Waals surface area contributed by atoms with Crippen molar-refractivity contribution in [2.75, 3.05) is 5.32 Å². The largest absolute Gasteiger partial charge is 0.351 e. The van der Waals surface area contributed by atoms with Crippen LogP contribution in [0.1, 0.15) is 36.6 Å². The molecule has 124 valence electrons. The molecule has 0 radical (unpaired) electrons. The van der Waals surface area contributed by atoms with Gasteiger partial charge in [-0.3, -0.25) is 0 Å². The van der Waals surface area contributed by atoms with Gasteiger partial charge in [0.25, 0.3) is 0 Å². The molecule has 5 rings (SSSR count). The Morgan fingerprint density at radius 1 is 1.16 bits per heavy atom. The third kappa shape index (κ3) is 2.65. The second kappa shape index (κ2) is 5.62. The van der Waals surface area contributed by atoms with E-state index in [1.807, 2.05) is 18.5 Å². The van der Waals surface area contributed by atoms with Crippen LogP contribution in [-0.4, -0.2) is 26.0 Å². The number of nitrogens with one attached hydrogen (secondary N) is 1. The molecule has 2 aliphatic rings. The van der Waals surface area contributed by atoms with E-state index in [9.17, 15) is 0 Å². The van der Waals surface area contributed by atoms with Crippen LogP contribution >= 0.6 is 0 Å². The van der Waals surface area contributed by atoms with E-state index in [0.717, 1.165) is 46.0 Å². The van der Waals surface area contributed by atoms with Gasteiger partial charge in [-0.25, -0.2) is 19.9 Å². The molecule has 5 heteroatoms. The van der Waals surface area contributed by atoms with Crippen molar-refractivity contribution in [1.82, 2.24) is 19.9 Å². The summed E-state index contributed by atoms with van der Waals surface area (Å²) in [7, 11) is 0. The molecule has 3 aromatic rings. The molecule has 25 heavy (non-hydrogen) atoms. The maximum absolute atomic E-state index is 4.74. The minimum absolute atomic E-state index is 0.451. The fourth-order valence-electron chi connectivity index (χ4n) is 3.52. The van der Waals surface area contributed by atoms with E-state index >= 15 is 0 Å². The average Bonchev–Trinajstić information content (AvgIpc) is 3.41. The van der Waals surface area contributed by atoms with Gasteiger partial charge in [0.15, 0.2) is 0 Å². The number of fused-ring (bicyclic) bond motifs is 2. The first-order valence-electron chi connectivity index (χ1n) is 8.81. The van der Waals surface area contributed by atoms with Crippen LogP contribution in [0.4, 0.5) is 5.95 Å². The zero-order valence-electron chi connectivity index (χ0n) is 14.1. The summed E-state index contributed by atoms with van der Waals surface area (Å²) in [5.74, 6) is 1.53. The Bertz CT molecular complexity index is 990. The summed E-state index contributed by atoms with van der Waals surface area (Å²) in [4.78, 5) is 17.7. The Kier molecular flexibility index (Phi) is 3.26. The van der Waals surface area contributed by atoms with E-state index in [1.165, 1.54) is 18.4 Å². The molecular weight excluding hydrogens is 310 g/mol. The second-order valence-electron chi connectivity index (χ2n) is 6.94. The van der Waals surface area contributed by atoms with Gasteiger partial charge >= 0.3 is 0 Å². The molecule has 0 amide bonds. The number of nitrogens with zero attached hydrogens (tertiary/aromatic N) is 4. The summed E-state index contributed by atoms with van der Waals surface area (Å²) < 4.78 is 0. The SMILES string of the molecule is C[C@@H](Nc1ncc2c(n1)CC=C2c1ccc2ncncc2c1)C1CC1. The Morgan fingerprint density at radius 3 is 2.96 bits per heavy atom. The maximum atomic E-state index is 4.74. The third-order valence-electron chi connectivity index (χ3n) is 5.16. The van der Waals surface area contributed by atoms with Gasteiger partial charge in [0.1, 0.15) is 6.33 Å². The normalized spacial score (nSPS) is 17.2. The van der Waals surface area contributed by atoms with E-state index < -0.39 is 0 Å². The van der Waals surface area contributed by atoms with Crippen LogP contribution in [-0.2, 0) is 6.42 Å². The minimum atomic E-state index is 0.451. The number of rotatable bonds is 4. The number of aromatic nitrogens is 4. The summed E-state index contributed by atoms with van der Waals surface area (Å²) in [6.45, 7) is 2.22. The van der Waals surface area contributed by atoms with Gasteiger partial charge in [0.2, 0.25) is 5.95 Å². The highest BCUT2D eigenvalue weighted by molar-refractivity contribution is 5.89. The summed E-state index contributed by atoms with van der Waals surface area (Å²) in [5.41, 5.74) is 5.54. The first kappa shape index (κ1) is 14.5. The molecule has 0 bridgehead atoms. The molecule has 0 saturated heterocycles. The van der Waals surface area contributed by atoms with Crippen LogP contribution in [0.15, 0.2) is 43.0 Å². The molecular formula is C20H19N5. The summed E-state index contributed by atoms with van der Waals surface area (Å²) >= 11 is 0. The van der Waals surface area contributed by atoms with Gasteiger partial charge in [0.05, 0.1) is 11.2 Å². The quantitative estimate of drug-likeness (QED) is 0.792. The van der Waals surface area contributed by atoms with Crippen LogP contribution in [0.25, 0.3) is 16.5 Å². The van der Waals surface area contributed by atoms with E-state index in [0.29, 0.717) is 6.04 Å². The molecule has 2 aromatic heterocycles. The van der Waals surface area contributed by atoms with E-state index in [4.69, 9.17) is 4.98 Å². The van der Waals surface area contributed by atoms with Gasteiger partial charge < -0.3 is 5.32 Å². The Hall–Kier alpha value is -2.82. The van der Waals surface area contributed by atoms with Gasteiger partial charge in [-0.05, 0) is 49.0 Å². The fourth-order valence-corrected chi connectivity index (χ4v) is 3.52. The van der Waals surface area contributed by atoms with Crippen LogP contribution in [0.5, 0.6) is 0 Å². The van der Waals surface area contributed by atoms with Crippen molar-refractivity contribution >= 4 is 22.4 Å². The number of hydrogen-bond donors (Lipinski definition) is 1. The van der Waals surface area contributed by atoms with Gasteiger partial charge in [-0.15, -0.1) is 0 Å². The molecule has 2 heterocycles. The lowest BCUT2D eigenvalue weighted by Gasteiger charge is -2.13.